The van der Waals surface area contributed by atoms with Gasteiger partial charge in [0.05, 0.1) is 27.7 Å². The summed E-state index contributed by atoms with van der Waals surface area (Å²) in [6.45, 7) is 1.12. The lowest BCUT2D eigenvalue weighted by Crippen LogP contribution is -2.31. The van der Waals surface area contributed by atoms with Crippen LogP contribution in [0.2, 0.25) is 5.02 Å². The fraction of sp³-hybridized carbons (Fsp3) is 0.136. The van der Waals surface area contributed by atoms with Gasteiger partial charge in [-0.2, -0.15) is 13.2 Å². The third-order valence-corrected chi connectivity index (χ3v) is 7.00. The Hall–Kier alpha value is -3.11. The zero-order valence-corrected chi connectivity index (χ0v) is 18.6. The van der Waals surface area contributed by atoms with Crippen molar-refractivity contribution in [3.8, 4) is 0 Å². The highest BCUT2D eigenvalue weighted by Crippen LogP contribution is 2.34. The molecule has 0 aliphatic carbocycles. The number of pyridine rings is 1. The smallest absolute Gasteiger partial charge is 0.301 e. The Labute approximate surface area is 191 Å². The minimum absolute atomic E-state index is 0.0130. The first-order valence-electron chi connectivity index (χ1n) is 9.56. The Morgan fingerprint density at radius 3 is 2.42 bits per heavy atom. The molecule has 0 spiro atoms. The first-order valence-corrected chi connectivity index (χ1v) is 11.4. The summed E-state index contributed by atoms with van der Waals surface area (Å²) in [5, 5.41) is 0.389. The van der Waals surface area contributed by atoms with Gasteiger partial charge >= 0.3 is 6.18 Å². The maximum absolute atomic E-state index is 13.8. The van der Waals surface area contributed by atoms with E-state index in [9.17, 15) is 26.0 Å². The molecule has 2 aromatic carbocycles. The summed E-state index contributed by atoms with van der Waals surface area (Å²) in [7, 11) is -4.24. The highest BCUT2D eigenvalue weighted by molar-refractivity contribution is 7.92. The Balaban J connectivity index is 1.89. The molecule has 0 saturated carbocycles. The summed E-state index contributed by atoms with van der Waals surface area (Å²) < 4.78 is 83.0. The molecule has 4 aromatic rings. The first-order chi connectivity index (χ1) is 15.5. The number of imidazole rings is 1. The zero-order chi connectivity index (χ0) is 24.0. The number of fused-ring (bicyclic) bond motifs is 1. The van der Waals surface area contributed by atoms with E-state index < -0.39 is 34.1 Å². The molecule has 4 rings (SSSR count). The molecule has 0 unspecified atom stereocenters. The molecule has 0 fully saturated rings. The second kappa shape index (κ2) is 8.35. The maximum Gasteiger partial charge on any atom is 0.419 e. The molecule has 0 bridgehead atoms. The molecule has 0 atom stereocenters. The van der Waals surface area contributed by atoms with Crippen LogP contribution in [-0.4, -0.2) is 17.8 Å². The van der Waals surface area contributed by atoms with Crippen molar-refractivity contribution < 1.29 is 26.0 Å². The Kier molecular flexibility index (Phi) is 5.83. The van der Waals surface area contributed by atoms with Gasteiger partial charge < -0.3 is 4.40 Å². The second-order valence-corrected chi connectivity index (χ2v) is 9.53. The number of benzene rings is 2. The van der Waals surface area contributed by atoms with Gasteiger partial charge in [-0.1, -0.05) is 35.9 Å². The van der Waals surface area contributed by atoms with Gasteiger partial charge in [-0.3, -0.25) is 0 Å². The van der Waals surface area contributed by atoms with Crippen molar-refractivity contribution >= 4 is 33.1 Å². The van der Waals surface area contributed by atoms with Crippen LogP contribution in [0.15, 0.2) is 71.8 Å². The molecular weight excluding hydrogens is 482 g/mol. The van der Waals surface area contributed by atoms with Crippen LogP contribution in [0.3, 0.4) is 0 Å². The predicted molar refractivity (Wildman–Crippen MR) is 116 cm³/mol. The van der Waals surface area contributed by atoms with Gasteiger partial charge in [0.2, 0.25) is 0 Å². The molecular formula is C22H16ClF4N3O2S. The summed E-state index contributed by atoms with van der Waals surface area (Å²) in [5.74, 6) is -1.43. The van der Waals surface area contributed by atoms with Crippen molar-refractivity contribution in [3.63, 3.8) is 0 Å². The number of aromatic nitrogens is 2. The summed E-state index contributed by atoms with van der Waals surface area (Å²) in [4.78, 5) is 4.31. The normalized spacial score (nSPS) is 12.3. The molecule has 5 nitrogen and oxygen atoms in total. The van der Waals surface area contributed by atoms with Gasteiger partial charge in [0.1, 0.15) is 11.5 Å². The van der Waals surface area contributed by atoms with Crippen LogP contribution in [-0.2, 0) is 22.7 Å². The molecule has 11 heteroatoms. The number of rotatable bonds is 5. The quantitative estimate of drug-likeness (QED) is 0.325. The Morgan fingerprint density at radius 2 is 1.76 bits per heavy atom. The number of nitrogens with zero attached hydrogens (tertiary/aromatic N) is 3. The molecule has 0 saturated heterocycles. The molecule has 0 radical (unpaired) electrons. The monoisotopic (exact) mass is 497 g/mol. The SMILES string of the molecule is Cc1c(N(Cc2ccc(F)c(C(F)(F)F)c2)S(=O)(=O)c2ccccc2)nc2ccc(Cl)cn12. The lowest BCUT2D eigenvalue weighted by molar-refractivity contribution is -0.140. The van der Waals surface area contributed by atoms with Crippen molar-refractivity contribution in [1.82, 2.24) is 9.38 Å². The average molecular weight is 498 g/mol. The van der Waals surface area contributed by atoms with E-state index in [1.807, 2.05) is 0 Å². The maximum atomic E-state index is 13.8. The third-order valence-electron chi connectivity index (χ3n) is 5.03. The molecule has 0 N–H and O–H groups in total. The molecule has 172 valence electrons. The van der Waals surface area contributed by atoms with Gasteiger partial charge in [-0.25, -0.2) is 22.1 Å². The minimum atomic E-state index is -4.93. The van der Waals surface area contributed by atoms with Crippen molar-refractivity contribution in [1.29, 1.82) is 0 Å². The van der Waals surface area contributed by atoms with E-state index in [2.05, 4.69) is 4.98 Å². The lowest BCUT2D eigenvalue weighted by atomic mass is 10.1. The van der Waals surface area contributed by atoms with Crippen LogP contribution in [0.1, 0.15) is 16.8 Å². The van der Waals surface area contributed by atoms with E-state index in [0.29, 0.717) is 28.5 Å². The van der Waals surface area contributed by atoms with Gasteiger partial charge in [-0.15, -0.1) is 0 Å². The van der Waals surface area contributed by atoms with Crippen LogP contribution in [0.5, 0.6) is 0 Å². The number of halogens is 5. The largest absolute Gasteiger partial charge is 0.419 e. The van der Waals surface area contributed by atoms with Gasteiger partial charge in [0.15, 0.2) is 5.82 Å². The van der Waals surface area contributed by atoms with E-state index in [1.54, 1.807) is 35.7 Å². The van der Waals surface area contributed by atoms with E-state index in [0.717, 1.165) is 10.4 Å². The van der Waals surface area contributed by atoms with Gasteiger partial charge in [-0.05, 0) is 48.9 Å². The molecule has 33 heavy (non-hydrogen) atoms. The fourth-order valence-electron chi connectivity index (χ4n) is 3.41. The van der Waals surface area contributed by atoms with Crippen molar-refractivity contribution in [2.45, 2.75) is 24.5 Å². The predicted octanol–water partition coefficient (Wildman–Crippen LogP) is 5.85. The zero-order valence-electron chi connectivity index (χ0n) is 17.0. The van der Waals surface area contributed by atoms with Crippen LogP contribution >= 0.6 is 11.6 Å². The molecule has 2 heterocycles. The molecule has 0 aliphatic heterocycles. The van der Waals surface area contributed by atoms with Crippen molar-refractivity contribution in [3.05, 3.63) is 94.5 Å². The van der Waals surface area contributed by atoms with E-state index in [-0.39, 0.29) is 16.3 Å². The molecule has 0 amide bonds. The number of hydrogen-bond donors (Lipinski definition) is 0. The average Bonchev–Trinajstić information content (AvgIpc) is 3.08. The van der Waals surface area contributed by atoms with E-state index in [1.165, 1.54) is 24.3 Å². The first kappa shape index (κ1) is 23.1. The number of hydrogen-bond acceptors (Lipinski definition) is 3. The second-order valence-electron chi connectivity index (χ2n) is 7.23. The Bertz CT molecular complexity index is 1440. The van der Waals surface area contributed by atoms with Crippen molar-refractivity contribution in [2.75, 3.05) is 4.31 Å². The highest BCUT2D eigenvalue weighted by Gasteiger charge is 2.35. The van der Waals surface area contributed by atoms with Crippen LogP contribution in [0, 0.1) is 12.7 Å². The molecule has 0 aliphatic rings. The highest BCUT2D eigenvalue weighted by atomic mass is 35.5. The number of aryl methyl sites for hydroxylation is 1. The summed E-state index contributed by atoms with van der Waals surface area (Å²) >= 11 is 6.05. The van der Waals surface area contributed by atoms with Crippen LogP contribution in [0.4, 0.5) is 23.4 Å². The summed E-state index contributed by atoms with van der Waals surface area (Å²) in [6.07, 6.45) is -3.38. The standard InChI is InChI=1S/C22H16ClF4N3O2S/c1-14-21(28-20-10-8-16(23)13-29(14)20)30(33(31,32)17-5-3-2-4-6-17)12-15-7-9-19(24)18(11-15)22(25,26)27/h2-11,13H,12H2,1H3. The number of anilines is 1. The van der Waals surface area contributed by atoms with E-state index >= 15 is 0 Å². The summed E-state index contributed by atoms with van der Waals surface area (Å²) in [6, 6.07) is 13.0. The third kappa shape index (κ3) is 4.40. The minimum Gasteiger partial charge on any atom is -0.301 e. The molecule has 2 aromatic heterocycles. The fourth-order valence-corrected chi connectivity index (χ4v) is 5.04. The van der Waals surface area contributed by atoms with Gasteiger partial charge in [0, 0.05) is 6.20 Å². The van der Waals surface area contributed by atoms with Gasteiger partial charge in [0.25, 0.3) is 10.0 Å². The van der Waals surface area contributed by atoms with Crippen molar-refractivity contribution in [2.24, 2.45) is 0 Å². The van der Waals surface area contributed by atoms with E-state index in [4.69, 9.17) is 11.6 Å². The topological polar surface area (TPSA) is 54.7 Å². The summed E-state index contributed by atoms with van der Waals surface area (Å²) in [5.41, 5.74) is -0.728. The lowest BCUT2D eigenvalue weighted by Gasteiger charge is -2.24. The van der Waals surface area contributed by atoms with Crippen LogP contribution < -0.4 is 4.31 Å². The van der Waals surface area contributed by atoms with Crippen LogP contribution in [0.25, 0.3) is 5.65 Å². The number of alkyl halides is 3. The number of sulfonamides is 1. The Morgan fingerprint density at radius 1 is 1.06 bits per heavy atom.